The van der Waals surface area contributed by atoms with Crippen LogP contribution in [0, 0.1) is 0 Å². The number of carbonyl (C=O) groups is 1. The van der Waals surface area contributed by atoms with E-state index in [0.29, 0.717) is 34.7 Å². The Kier molecular flexibility index (Phi) is 5.48. The molecule has 2 N–H and O–H groups in total. The highest BCUT2D eigenvalue weighted by atomic mass is 35.5. The van der Waals surface area contributed by atoms with Crippen molar-refractivity contribution in [2.45, 2.75) is 18.1 Å². The lowest BCUT2D eigenvalue weighted by Gasteiger charge is -2.31. The molecule has 0 spiro atoms. The Morgan fingerprint density at radius 3 is 2.94 bits per heavy atom. The number of rotatable bonds is 5. The van der Waals surface area contributed by atoms with Crippen LogP contribution in [0.4, 0.5) is 11.8 Å². The Labute approximate surface area is 193 Å². The summed E-state index contributed by atoms with van der Waals surface area (Å²) in [6, 6.07) is 9.45. The number of nitrogens with zero attached hydrogens (tertiary/aromatic N) is 6. The molecule has 3 aromatic heterocycles. The fraction of sp³-hybridized carbons (Fsp3) is 0.286. The quantitative estimate of drug-likeness (QED) is 0.431. The number of thioether (sulfide) groups is 1. The molecule has 1 aliphatic rings. The molecule has 4 aromatic rings. The minimum absolute atomic E-state index is 0.0254. The van der Waals surface area contributed by atoms with Crippen LogP contribution >= 0.6 is 23.4 Å². The molecular formula is C21H21ClN8OS. The van der Waals surface area contributed by atoms with E-state index in [9.17, 15) is 4.79 Å². The van der Waals surface area contributed by atoms with Crippen molar-refractivity contribution >= 4 is 57.6 Å². The lowest BCUT2D eigenvalue weighted by atomic mass is 10.0. The molecule has 4 heterocycles. The van der Waals surface area contributed by atoms with Gasteiger partial charge in [0.05, 0.1) is 29.3 Å². The summed E-state index contributed by atoms with van der Waals surface area (Å²) in [6.07, 6.45) is 3.63. The van der Waals surface area contributed by atoms with Gasteiger partial charge in [0.2, 0.25) is 11.9 Å². The maximum atomic E-state index is 12.1. The summed E-state index contributed by atoms with van der Waals surface area (Å²) in [5.41, 5.74) is 2.38. The summed E-state index contributed by atoms with van der Waals surface area (Å²) < 4.78 is 1.68. The topological polar surface area (TPSA) is 100 Å². The third-order valence-electron chi connectivity index (χ3n) is 5.37. The fourth-order valence-electron chi connectivity index (χ4n) is 3.82. The molecule has 0 bridgehead atoms. The Morgan fingerprint density at radius 2 is 2.12 bits per heavy atom. The van der Waals surface area contributed by atoms with Gasteiger partial charge in [-0.2, -0.15) is 14.6 Å². The summed E-state index contributed by atoms with van der Waals surface area (Å²) >= 11 is 7.91. The zero-order valence-corrected chi connectivity index (χ0v) is 19.1. The molecule has 11 heteroatoms. The number of benzene rings is 1. The average Bonchev–Trinajstić information content (AvgIpc) is 3.27. The van der Waals surface area contributed by atoms with Crippen LogP contribution in [0.25, 0.3) is 16.6 Å². The normalized spacial score (nSPS) is 15.2. The maximum absolute atomic E-state index is 12.1. The molecule has 0 aliphatic carbocycles. The van der Waals surface area contributed by atoms with Crippen molar-refractivity contribution < 1.29 is 4.79 Å². The molecule has 1 aliphatic heterocycles. The van der Waals surface area contributed by atoms with Crippen molar-refractivity contribution in [3.05, 3.63) is 47.1 Å². The second-order valence-electron chi connectivity index (χ2n) is 7.49. The number of fused-ring (bicyclic) bond motifs is 2. The van der Waals surface area contributed by atoms with Crippen LogP contribution in [0.2, 0.25) is 5.02 Å². The van der Waals surface area contributed by atoms with Crippen LogP contribution in [0.5, 0.6) is 0 Å². The second kappa shape index (κ2) is 8.44. The molecule has 1 aromatic carbocycles. The molecule has 1 saturated heterocycles. The molecule has 9 nitrogen and oxygen atoms in total. The lowest BCUT2D eigenvalue weighted by Crippen LogP contribution is -2.48. The van der Waals surface area contributed by atoms with Gasteiger partial charge in [0.25, 0.3) is 0 Å². The molecule has 5 rings (SSSR count). The molecule has 1 fully saturated rings. The number of hydrogen-bond donors (Lipinski definition) is 2. The van der Waals surface area contributed by atoms with Crippen molar-refractivity contribution in [2.24, 2.45) is 0 Å². The number of halogens is 1. The van der Waals surface area contributed by atoms with Gasteiger partial charge in [-0.15, -0.1) is 0 Å². The summed E-state index contributed by atoms with van der Waals surface area (Å²) in [5, 5.41) is 12.9. The predicted octanol–water partition coefficient (Wildman–Crippen LogP) is 3.16. The van der Waals surface area contributed by atoms with Gasteiger partial charge >= 0.3 is 0 Å². The van der Waals surface area contributed by atoms with Crippen LogP contribution in [0.3, 0.4) is 0 Å². The van der Waals surface area contributed by atoms with Gasteiger partial charge in [0, 0.05) is 30.1 Å². The number of para-hydroxylation sites is 1. The van der Waals surface area contributed by atoms with E-state index in [4.69, 9.17) is 16.6 Å². The molecule has 0 saturated carbocycles. The molecule has 1 amide bonds. The van der Waals surface area contributed by atoms with E-state index < -0.39 is 0 Å². The number of amides is 1. The Morgan fingerprint density at radius 1 is 1.25 bits per heavy atom. The summed E-state index contributed by atoms with van der Waals surface area (Å²) in [6.45, 7) is 3.52. The highest BCUT2D eigenvalue weighted by Crippen LogP contribution is 2.33. The van der Waals surface area contributed by atoms with E-state index in [1.54, 1.807) is 10.7 Å². The van der Waals surface area contributed by atoms with Gasteiger partial charge in [0.1, 0.15) is 5.82 Å². The second-order valence-corrected chi connectivity index (χ2v) is 8.67. The molecule has 0 unspecified atom stereocenters. The van der Waals surface area contributed by atoms with Crippen molar-refractivity contribution in [1.82, 2.24) is 29.9 Å². The zero-order valence-electron chi connectivity index (χ0n) is 17.5. The fourth-order valence-corrected chi connectivity index (χ4v) is 4.41. The summed E-state index contributed by atoms with van der Waals surface area (Å²) in [4.78, 5) is 28.1. The zero-order chi connectivity index (χ0) is 22.2. The smallest absolute Gasteiger partial charge is 0.239 e. The minimum Gasteiger partial charge on any atom is -0.353 e. The average molecular weight is 469 g/mol. The molecular weight excluding hydrogens is 448 g/mol. The standard InChI is InChI=1S/C21H21ClN8OS/c1-12(25-20-28-21(32-2)26-16-6-7-24-30(16)20)14-10-13-4-3-5-15(22)18(13)27-19(14)29-9-8-23-17(31)11-29/h3-7,10,12H,8-9,11H2,1-2H3,(H,23,31)(H,25,26,28)/t12-/m0/s1. The SMILES string of the molecule is CSc1nc(N[C@@H](C)c2cc3cccc(Cl)c3nc2N2CCNC(=O)C2)n2nccc2n1. The molecule has 32 heavy (non-hydrogen) atoms. The van der Waals surface area contributed by atoms with Crippen LogP contribution < -0.4 is 15.5 Å². The van der Waals surface area contributed by atoms with Gasteiger partial charge in [-0.1, -0.05) is 35.5 Å². The van der Waals surface area contributed by atoms with Crippen molar-refractivity contribution in [3.63, 3.8) is 0 Å². The van der Waals surface area contributed by atoms with Gasteiger partial charge < -0.3 is 15.5 Å². The van der Waals surface area contributed by atoms with Gasteiger partial charge in [-0.25, -0.2) is 9.97 Å². The van der Waals surface area contributed by atoms with Crippen LogP contribution in [0.1, 0.15) is 18.5 Å². The molecule has 164 valence electrons. The van der Waals surface area contributed by atoms with Crippen molar-refractivity contribution in [3.8, 4) is 0 Å². The minimum atomic E-state index is -0.178. The lowest BCUT2D eigenvalue weighted by molar-refractivity contribution is -0.120. The Bertz CT molecular complexity index is 1330. The van der Waals surface area contributed by atoms with Gasteiger partial charge in [-0.3, -0.25) is 4.79 Å². The van der Waals surface area contributed by atoms with E-state index in [-0.39, 0.29) is 18.5 Å². The maximum Gasteiger partial charge on any atom is 0.239 e. The summed E-state index contributed by atoms with van der Waals surface area (Å²) in [5.74, 6) is 1.30. The summed E-state index contributed by atoms with van der Waals surface area (Å²) in [7, 11) is 0. The monoisotopic (exact) mass is 468 g/mol. The van der Waals surface area contributed by atoms with Crippen LogP contribution in [0.15, 0.2) is 41.7 Å². The Hall–Kier alpha value is -3.11. The van der Waals surface area contributed by atoms with Gasteiger partial charge in [-0.05, 0) is 25.3 Å². The van der Waals surface area contributed by atoms with Crippen molar-refractivity contribution in [2.75, 3.05) is 36.1 Å². The first-order valence-electron chi connectivity index (χ1n) is 10.2. The number of pyridine rings is 1. The van der Waals surface area contributed by atoms with E-state index in [0.717, 1.165) is 22.4 Å². The first-order chi connectivity index (χ1) is 15.5. The van der Waals surface area contributed by atoms with E-state index in [1.807, 2.05) is 42.3 Å². The number of piperazine rings is 1. The van der Waals surface area contributed by atoms with E-state index in [1.165, 1.54) is 11.8 Å². The first kappa shape index (κ1) is 20.8. The van der Waals surface area contributed by atoms with Crippen molar-refractivity contribution in [1.29, 1.82) is 0 Å². The highest BCUT2D eigenvalue weighted by molar-refractivity contribution is 7.98. The number of hydrogen-bond acceptors (Lipinski definition) is 8. The molecule has 0 radical (unpaired) electrons. The third kappa shape index (κ3) is 3.80. The number of anilines is 2. The predicted molar refractivity (Wildman–Crippen MR) is 127 cm³/mol. The third-order valence-corrected chi connectivity index (χ3v) is 6.23. The van der Waals surface area contributed by atoms with Crippen LogP contribution in [-0.4, -0.2) is 56.4 Å². The van der Waals surface area contributed by atoms with E-state index in [2.05, 4.69) is 31.8 Å². The molecule has 1 atom stereocenters. The Balaban J connectivity index is 1.60. The highest BCUT2D eigenvalue weighted by Gasteiger charge is 2.24. The van der Waals surface area contributed by atoms with Crippen LogP contribution in [-0.2, 0) is 4.79 Å². The van der Waals surface area contributed by atoms with E-state index >= 15 is 0 Å². The first-order valence-corrected chi connectivity index (χ1v) is 11.8. The largest absolute Gasteiger partial charge is 0.353 e. The van der Waals surface area contributed by atoms with Gasteiger partial charge in [0.15, 0.2) is 10.8 Å². The number of nitrogens with one attached hydrogen (secondary N) is 2. The number of carbonyl (C=O) groups excluding carboxylic acids is 1. The number of aromatic nitrogens is 5.